The minimum atomic E-state index is -0.935. The zero-order chi connectivity index (χ0) is 17.2. The fraction of sp³-hybridized carbons (Fsp3) is 0.765. The van der Waals surface area contributed by atoms with Crippen LogP contribution in [0.5, 0.6) is 0 Å². The molecule has 0 aromatic rings. The van der Waals surface area contributed by atoms with Gasteiger partial charge in [-0.3, -0.25) is 4.79 Å². The Kier molecular flexibility index (Phi) is 9.74. The number of carbonyl (C=O) groups excluding carboxylic acids is 1. The van der Waals surface area contributed by atoms with Gasteiger partial charge in [0.2, 0.25) is 0 Å². The second-order valence-corrected chi connectivity index (χ2v) is 6.85. The summed E-state index contributed by atoms with van der Waals surface area (Å²) in [5, 5.41) is 7.89. The highest BCUT2D eigenvalue weighted by atomic mass is 16.6. The Morgan fingerprint density at radius 2 is 1.82 bits per heavy atom. The average molecular weight is 314 g/mol. The lowest BCUT2D eigenvalue weighted by atomic mass is 9.89. The average Bonchev–Trinajstić information content (AvgIpc) is 3.19. The molecule has 1 N–H and O–H groups in total. The van der Waals surface area contributed by atoms with Gasteiger partial charge in [0.05, 0.1) is 6.61 Å². The molecule has 0 saturated carbocycles. The van der Waals surface area contributed by atoms with Gasteiger partial charge in [0.25, 0.3) is 0 Å². The third-order valence-corrected chi connectivity index (χ3v) is 3.01. The number of hydrogen-bond donors (Lipinski definition) is 1. The first-order valence-corrected chi connectivity index (χ1v) is 7.78. The van der Waals surface area contributed by atoms with Gasteiger partial charge in [-0.05, 0) is 25.2 Å². The highest BCUT2D eigenvalue weighted by molar-refractivity contribution is 5.84. The van der Waals surface area contributed by atoms with E-state index >= 15 is 0 Å². The Balaban J connectivity index is 0.000000626. The fourth-order valence-electron chi connectivity index (χ4n) is 1.52. The van der Waals surface area contributed by atoms with E-state index < -0.39 is 5.97 Å². The van der Waals surface area contributed by atoms with Gasteiger partial charge < -0.3 is 14.6 Å². The van der Waals surface area contributed by atoms with Crippen molar-refractivity contribution in [3.8, 4) is 0 Å². The van der Waals surface area contributed by atoms with Crippen molar-refractivity contribution in [2.75, 3.05) is 13.2 Å². The molecule has 0 amide bonds. The van der Waals surface area contributed by atoms with Gasteiger partial charge in [-0.25, -0.2) is 4.79 Å². The number of unbranched alkanes of at least 4 members (excludes halogenated alkanes) is 2. The van der Waals surface area contributed by atoms with Crippen LogP contribution in [0.15, 0.2) is 12.2 Å². The number of epoxide rings is 1. The molecule has 0 aliphatic carbocycles. The van der Waals surface area contributed by atoms with Gasteiger partial charge in [-0.2, -0.15) is 0 Å². The van der Waals surface area contributed by atoms with E-state index in [1.54, 1.807) is 0 Å². The van der Waals surface area contributed by atoms with Gasteiger partial charge in [0, 0.05) is 12.0 Å². The molecule has 1 rings (SSSR count). The van der Waals surface area contributed by atoms with E-state index in [9.17, 15) is 9.59 Å². The zero-order valence-electron chi connectivity index (χ0n) is 14.3. The van der Waals surface area contributed by atoms with Crippen molar-refractivity contribution in [2.24, 2.45) is 5.41 Å². The van der Waals surface area contributed by atoms with Crippen LogP contribution in [0.25, 0.3) is 0 Å². The Bertz CT molecular complexity index is 352. The van der Waals surface area contributed by atoms with Crippen molar-refractivity contribution in [3.05, 3.63) is 12.2 Å². The largest absolute Gasteiger partial charge is 0.478 e. The lowest BCUT2D eigenvalue weighted by Crippen LogP contribution is -2.09. The molecule has 5 nitrogen and oxygen atoms in total. The summed E-state index contributed by atoms with van der Waals surface area (Å²) >= 11 is 0. The second kappa shape index (κ2) is 10.4. The van der Waals surface area contributed by atoms with E-state index in [0.29, 0.717) is 18.4 Å². The molecule has 1 fully saturated rings. The maximum Gasteiger partial charge on any atom is 0.330 e. The number of aliphatic carboxylic acids is 1. The van der Waals surface area contributed by atoms with Crippen molar-refractivity contribution in [3.63, 3.8) is 0 Å². The van der Waals surface area contributed by atoms with E-state index in [0.717, 1.165) is 19.4 Å². The first-order valence-electron chi connectivity index (χ1n) is 7.78. The number of carbonyl (C=O) groups is 2. The molecule has 22 heavy (non-hydrogen) atoms. The lowest BCUT2D eigenvalue weighted by Gasteiger charge is -2.17. The number of rotatable bonds is 8. The molecule has 0 aromatic heterocycles. The van der Waals surface area contributed by atoms with Crippen LogP contribution in [-0.2, 0) is 19.1 Å². The summed E-state index contributed by atoms with van der Waals surface area (Å²) in [6.45, 7) is 12.5. The van der Waals surface area contributed by atoms with Crippen molar-refractivity contribution in [1.82, 2.24) is 0 Å². The molecule has 128 valence electrons. The summed E-state index contributed by atoms with van der Waals surface area (Å²) in [4.78, 5) is 20.9. The summed E-state index contributed by atoms with van der Waals surface area (Å²) in [5.74, 6) is -1.01. The van der Waals surface area contributed by atoms with E-state index in [2.05, 4.69) is 27.4 Å². The minimum absolute atomic E-state index is 0.0775. The number of esters is 1. The summed E-state index contributed by atoms with van der Waals surface area (Å²) in [6, 6.07) is 0. The summed E-state index contributed by atoms with van der Waals surface area (Å²) in [5.41, 5.74) is 0.582. The van der Waals surface area contributed by atoms with E-state index in [1.807, 2.05) is 0 Å². The summed E-state index contributed by atoms with van der Waals surface area (Å²) in [6.07, 6.45) is 5.22. The molecule has 1 aliphatic rings. The Morgan fingerprint density at radius 1 is 1.27 bits per heavy atom. The normalized spacial score (nSPS) is 16.3. The van der Waals surface area contributed by atoms with Crippen LogP contribution >= 0.6 is 0 Å². The Morgan fingerprint density at radius 3 is 2.23 bits per heavy atom. The summed E-state index contributed by atoms with van der Waals surface area (Å²) < 4.78 is 10.0. The maximum atomic E-state index is 11.3. The maximum absolute atomic E-state index is 11.3. The van der Waals surface area contributed by atoms with Gasteiger partial charge in [0.15, 0.2) is 0 Å². The lowest BCUT2D eigenvalue weighted by molar-refractivity contribution is -0.144. The zero-order valence-corrected chi connectivity index (χ0v) is 14.3. The van der Waals surface area contributed by atoms with Gasteiger partial charge >= 0.3 is 11.9 Å². The molecule has 5 heteroatoms. The van der Waals surface area contributed by atoms with Crippen LogP contribution in [0.3, 0.4) is 0 Å². The first-order chi connectivity index (χ1) is 10.1. The molecule has 0 aromatic carbocycles. The quantitative estimate of drug-likeness (QED) is 0.321. The Hall–Kier alpha value is -1.36. The van der Waals surface area contributed by atoms with Crippen molar-refractivity contribution in [1.29, 1.82) is 0 Å². The highest BCUT2D eigenvalue weighted by Gasteiger charge is 2.23. The van der Waals surface area contributed by atoms with E-state index in [1.165, 1.54) is 19.8 Å². The van der Waals surface area contributed by atoms with Crippen LogP contribution in [0.2, 0.25) is 0 Å². The van der Waals surface area contributed by atoms with Crippen LogP contribution < -0.4 is 0 Å². The van der Waals surface area contributed by atoms with E-state index in [-0.39, 0.29) is 17.6 Å². The predicted molar refractivity (Wildman–Crippen MR) is 85.7 cm³/mol. The highest BCUT2D eigenvalue weighted by Crippen LogP contribution is 2.22. The molecule has 1 unspecified atom stereocenters. The number of carboxylic acids is 1. The Labute approximate surface area is 133 Å². The minimum Gasteiger partial charge on any atom is -0.478 e. The van der Waals surface area contributed by atoms with Gasteiger partial charge in [-0.15, -0.1) is 0 Å². The first kappa shape index (κ1) is 20.6. The molecular formula is C17H30O5. The van der Waals surface area contributed by atoms with Crippen molar-refractivity contribution in [2.45, 2.75) is 65.9 Å². The van der Waals surface area contributed by atoms with Crippen LogP contribution in [0, 0.1) is 5.41 Å². The van der Waals surface area contributed by atoms with Crippen molar-refractivity contribution >= 4 is 11.9 Å². The SMILES string of the molecule is C=C(C)C(=O)O.CC(C)(C)CCCCCC(=O)OCC1CO1. The van der Waals surface area contributed by atoms with E-state index in [4.69, 9.17) is 14.6 Å². The molecule has 1 aliphatic heterocycles. The molecule has 0 bridgehead atoms. The predicted octanol–water partition coefficient (Wildman–Crippen LogP) is 3.57. The van der Waals surface area contributed by atoms with Gasteiger partial charge in [-0.1, -0.05) is 40.2 Å². The molecule has 1 atom stereocenters. The number of carboxylic acid groups (broad SMARTS) is 1. The molecule has 1 saturated heterocycles. The summed E-state index contributed by atoms with van der Waals surface area (Å²) in [7, 11) is 0. The third-order valence-electron chi connectivity index (χ3n) is 3.01. The van der Waals surface area contributed by atoms with Crippen molar-refractivity contribution < 1.29 is 24.2 Å². The van der Waals surface area contributed by atoms with Crippen LogP contribution in [0.1, 0.15) is 59.8 Å². The van der Waals surface area contributed by atoms with Crippen LogP contribution in [-0.4, -0.2) is 36.4 Å². The monoisotopic (exact) mass is 314 g/mol. The topological polar surface area (TPSA) is 76.1 Å². The molecule has 0 radical (unpaired) electrons. The number of hydrogen-bond acceptors (Lipinski definition) is 4. The molecule has 0 spiro atoms. The third kappa shape index (κ3) is 15.0. The van der Waals surface area contributed by atoms with Gasteiger partial charge in [0.1, 0.15) is 12.7 Å². The molecular weight excluding hydrogens is 284 g/mol. The molecule has 1 heterocycles. The standard InChI is InChI=1S/C13H24O3.C4H6O2/c1-13(2,3)8-6-4-5-7-12(14)16-10-11-9-15-11;1-3(2)4(5)6/h11H,4-10H2,1-3H3;1H2,2H3,(H,5,6). The number of ether oxygens (including phenoxy) is 2. The van der Waals surface area contributed by atoms with Crippen LogP contribution in [0.4, 0.5) is 0 Å². The smallest absolute Gasteiger partial charge is 0.330 e. The second-order valence-electron chi connectivity index (χ2n) is 6.85. The fourth-order valence-corrected chi connectivity index (χ4v) is 1.52.